The van der Waals surface area contributed by atoms with E-state index >= 15 is 0 Å². The van der Waals surface area contributed by atoms with Gasteiger partial charge in [-0.15, -0.1) is 0 Å². The Kier molecular flexibility index (Phi) is 6.32. The van der Waals surface area contributed by atoms with Gasteiger partial charge in [0.2, 0.25) is 11.8 Å². The first kappa shape index (κ1) is 17.2. The molecule has 1 aliphatic carbocycles. The van der Waals surface area contributed by atoms with E-state index in [1.807, 2.05) is 31.2 Å². The van der Waals surface area contributed by atoms with Crippen molar-refractivity contribution < 1.29 is 9.59 Å². The fourth-order valence-corrected chi connectivity index (χ4v) is 2.61. The summed E-state index contributed by atoms with van der Waals surface area (Å²) in [6.45, 7) is 4.13. The van der Waals surface area contributed by atoms with E-state index in [0.29, 0.717) is 5.92 Å². The minimum Gasteiger partial charge on any atom is -0.326 e. The summed E-state index contributed by atoms with van der Waals surface area (Å²) >= 11 is 0. The predicted octanol–water partition coefficient (Wildman–Crippen LogP) is 3.40. The van der Waals surface area contributed by atoms with Crippen LogP contribution in [-0.2, 0) is 9.59 Å². The van der Waals surface area contributed by atoms with Crippen molar-refractivity contribution in [3.05, 3.63) is 29.8 Å². The molecule has 5 heteroatoms. The van der Waals surface area contributed by atoms with Crippen molar-refractivity contribution in [2.24, 2.45) is 11.0 Å². The van der Waals surface area contributed by atoms with Gasteiger partial charge in [-0.3, -0.25) is 9.59 Å². The number of carbonyl (C=O) groups is 2. The van der Waals surface area contributed by atoms with Gasteiger partial charge < -0.3 is 5.32 Å². The van der Waals surface area contributed by atoms with Crippen LogP contribution >= 0.6 is 0 Å². The highest BCUT2D eigenvalue weighted by Gasteiger charge is 2.16. The van der Waals surface area contributed by atoms with Gasteiger partial charge in [0, 0.05) is 24.2 Å². The number of carbonyl (C=O) groups excluding carboxylic acids is 2. The van der Waals surface area contributed by atoms with Crippen molar-refractivity contribution in [2.45, 2.75) is 52.4 Å². The van der Waals surface area contributed by atoms with Crippen LogP contribution in [0.2, 0.25) is 0 Å². The van der Waals surface area contributed by atoms with E-state index in [1.54, 1.807) is 0 Å². The lowest BCUT2D eigenvalue weighted by molar-refractivity contribution is -0.124. The number of hydrazone groups is 1. The molecule has 0 aliphatic heterocycles. The molecule has 1 unspecified atom stereocenters. The standard InChI is InChI=1S/C18H25N3O2/c1-13-7-9-15(10-8-13)19-17(22)11-12-18(23)21-20-16-6-4-3-5-14(16)2/h7-10,14H,3-6,11-12H2,1-2H3,(H,19,22)(H,21,23)/b20-16+. The molecule has 1 aromatic carbocycles. The highest BCUT2D eigenvalue weighted by Crippen LogP contribution is 2.20. The second-order valence-corrected chi connectivity index (χ2v) is 6.20. The Bertz CT molecular complexity index is 578. The number of hydrogen-bond donors (Lipinski definition) is 2. The summed E-state index contributed by atoms with van der Waals surface area (Å²) in [7, 11) is 0. The first-order valence-electron chi connectivity index (χ1n) is 8.26. The van der Waals surface area contributed by atoms with Crippen molar-refractivity contribution in [1.29, 1.82) is 0 Å². The van der Waals surface area contributed by atoms with Crippen LogP contribution in [0, 0.1) is 12.8 Å². The minimum atomic E-state index is -0.214. The van der Waals surface area contributed by atoms with Gasteiger partial charge in [-0.05, 0) is 44.2 Å². The average Bonchev–Trinajstić information content (AvgIpc) is 2.54. The van der Waals surface area contributed by atoms with E-state index in [9.17, 15) is 9.59 Å². The maximum Gasteiger partial charge on any atom is 0.240 e. The second kappa shape index (κ2) is 8.46. The quantitative estimate of drug-likeness (QED) is 0.818. The molecule has 1 aliphatic rings. The van der Waals surface area contributed by atoms with Crippen molar-refractivity contribution in [1.82, 2.24) is 5.43 Å². The zero-order chi connectivity index (χ0) is 16.7. The maximum absolute atomic E-state index is 11.8. The number of nitrogens with one attached hydrogen (secondary N) is 2. The predicted molar refractivity (Wildman–Crippen MR) is 92.3 cm³/mol. The summed E-state index contributed by atoms with van der Waals surface area (Å²) in [5, 5.41) is 7.00. The van der Waals surface area contributed by atoms with Crippen LogP contribution in [0.1, 0.15) is 51.0 Å². The van der Waals surface area contributed by atoms with Gasteiger partial charge in [0.25, 0.3) is 0 Å². The number of anilines is 1. The Morgan fingerprint density at radius 3 is 2.52 bits per heavy atom. The second-order valence-electron chi connectivity index (χ2n) is 6.20. The molecule has 2 N–H and O–H groups in total. The van der Waals surface area contributed by atoms with Crippen LogP contribution in [0.3, 0.4) is 0 Å². The highest BCUT2D eigenvalue weighted by molar-refractivity contribution is 5.93. The Morgan fingerprint density at radius 2 is 1.83 bits per heavy atom. The third-order valence-corrected chi connectivity index (χ3v) is 4.13. The molecule has 0 saturated heterocycles. The van der Waals surface area contributed by atoms with E-state index in [2.05, 4.69) is 22.8 Å². The molecule has 1 aromatic rings. The zero-order valence-corrected chi connectivity index (χ0v) is 13.9. The third kappa shape index (κ3) is 5.85. The number of amides is 2. The number of aryl methyl sites for hydroxylation is 1. The monoisotopic (exact) mass is 315 g/mol. The molecule has 0 bridgehead atoms. The fraction of sp³-hybridized carbons (Fsp3) is 0.500. The normalized spacial score (nSPS) is 19.4. The van der Waals surface area contributed by atoms with E-state index in [4.69, 9.17) is 0 Å². The molecule has 0 heterocycles. The van der Waals surface area contributed by atoms with Gasteiger partial charge >= 0.3 is 0 Å². The molecule has 2 rings (SSSR count). The molecule has 0 spiro atoms. The summed E-state index contributed by atoms with van der Waals surface area (Å²) < 4.78 is 0. The molecule has 1 atom stereocenters. The average molecular weight is 315 g/mol. The Morgan fingerprint density at radius 1 is 1.13 bits per heavy atom. The lowest BCUT2D eigenvalue weighted by Crippen LogP contribution is -2.25. The highest BCUT2D eigenvalue weighted by atomic mass is 16.2. The Labute approximate surface area is 137 Å². The number of benzene rings is 1. The van der Waals surface area contributed by atoms with Crippen molar-refractivity contribution in [3.8, 4) is 0 Å². The molecule has 0 radical (unpaired) electrons. The van der Waals surface area contributed by atoms with Crippen molar-refractivity contribution in [2.75, 3.05) is 5.32 Å². The van der Waals surface area contributed by atoms with Crippen LogP contribution in [0.5, 0.6) is 0 Å². The van der Waals surface area contributed by atoms with Crippen LogP contribution in [-0.4, -0.2) is 17.5 Å². The van der Waals surface area contributed by atoms with Crippen molar-refractivity contribution in [3.63, 3.8) is 0 Å². The molecule has 5 nitrogen and oxygen atoms in total. The number of hydrogen-bond acceptors (Lipinski definition) is 3. The number of rotatable bonds is 5. The van der Waals surface area contributed by atoms with Crippen LogP contribution in [0.15, 0.2) is 29.4 Å². The molecule has 1 fully saturated rings. The summed E-state index contributed by atoms with van der Waals surface area (Å²) in [6, 6.07) is 7.57. The molecule has 23 heavy (non-hydrogen) atoms. The first-order valence-corrected chi connectivity index (χ1v) is 8.26. The van der Waals surface area contributed by atoms with E-state index < -0.39 is 0 Å². The Hall–Kier alpha value is -2.17. The van der Waals surface area contributed by atoms with Gasteiger partial charge in [0.1, 0.15) is 0 Å². The molecule has 124 valence electrons. The third-order valence-electron chi connectivity index (χ3n) is 4.13. The van der Waals surface area contributed by atoms with Crippen LogP contribution in [0.4, 0.5) is 5.69 Å². The van der Waals surface area contributed by atoms with Gasteiger partial charge in [-0.2, -0.15) is 5.10 Å². The van der Waals surface area contributed by atoms with Gasteiger partial charge in [-0.25, -0.2) is 5.43 Å². The zero-order valence-electron chi connectivity index (χ0n) is 13.9. The van der Waals surface area contributed by atoms with E-state index in [1.165, 1.54) is 6.42 Å². The summed E-state index contributed by atoms with van der Waals surface area (Å²) in [6.07, 6.45) is 4.75. The van der Waals surface area contributed by atoms with Crippen LogP contribution in [0.25, 0.3) is 0 Å². The maximum atomic E-state index is 11.8. The van der Waals surface area contributed by atoms with Gasteiger partial charge in [-0.1, -0.05) is 31.0 Å². The van der Waals surface area contributed by atoms with Gasteiger partial charge in [0.05, 0.1) is 0 Å². The fourth-order valence-electron chi connectivity index (χ4n) is 2.61. The Balaban J connectivity index is 1.72. The minimum absolute atomic E-state index is 0.142. The first-order chi connectivity index (χ1) is 11.0. The molecular formula is C18H25N3O2. The van der Waals surface area contributed by atoms with E-state index in [0.717, 1.165) is 36.2 Å². The lowest BCUT2D eigenvalue weighted by Gasteiger charge is -2.19. The number of nitrogens with zero attached hydrogens (tertiary/aromatic N) is 1. The largest absolute Gasteiger partial charge is 0.326 e. The summed E-state index contributed by atoms with van der Waals surface area (Å²) in [5.74, 6) is 0.0610. The molecule has 2 amide bonds. The smallest absolute Gasteiger partial charge is 0.240 e. The van der Waals surface area contributed by atoms with Crippen molar-refractivity contribution >= 4 is 23.2 Å². The molecule has 1 saturated carbocycles. The SMILES string of the molecule is Cc1ccc(NC(=O)CCC(=O)N/N=C2\CCCCC2C)cc1. The van der Waals surface area contributed by atoms with Gasteiger partial charge in [0.15, 0.2) is 0 Å². The summed E-state index contributed by atoms with van der Waals surface area (Å²) in [4.78, 5) is 23.6. The summed E-state index contributed by atoms with van der Waals surface area (Å²) in [5.41, 5.74) is 5.53. The van der Waals surface area contributed by atoms with Crippen LogP contribution < -0.4 is 10.7 Å². The lowest BCUT2D eigenvalue weighted by atomic mass is 9.89. The molecular weight excluding hydrogens is 290 g/mol. The topological polar surface area (TPSA) is 70.6 Å². The molecule has 0 aromatic heterocycles. The van der Waals surface area contributed by atoms with E-state index in [-0.39, 0.29) is 24.7 Å².